The molecule has 0 bridgehead atoms. The summed E-state index contributed by atoms with van der Waals surface area (Å²) < 4.78 is 37.9. The highest BCUT2D eigenvalue weighted by molar-refractivity contribution is 7.89. The lowest BCUT2D eigenvalue weighted by Gasteiger charge is -2.21. The van der Waals surface area contributed by atoms with E-state index in [0.29, 0.717) is 30.3 Å². The highest BCUT2D eigenvalue weighted by atomic mass is 32.2. The van der Waals surface area contributed by atoms with Crippen molar-refractivity contribution in [3.63, 3.8) is 0 Å². The largest absolute Gasteiger partial charge is 0.548 e. The van der Waals surface area contributed by atoms with Crippen molar-refractivity contribution in [3.05, 3.63) is 54.1 Å². The summed E-state index contributed by atoms with van der Waals surface area (Å²) in [7, 11) is -4.06. The average Bonchev–Trinajstić information content (AvgIpc) is 2.61. The van der Waals surface area contributed by atoms with E-state index in [0.717, 1.165) is 0 Å². The third-order valence-corrected chi connectivity index (χ3v) is 5.16. The Morgan fingerprint density at radius 1 is 1.08 bits per heavy atom. The van der Waals surface area contributed by atoms with E-state index in [1.165, 1.54) is 18.2 Å². The van der Waals surface area contributed by atoms with E-state index < -0.39 is 22.0 Å². The van der Waals surface area contributed by atoms with Gasteiger partial charge in [-0.1, -0.05) is 30.3 Å². The lowest BCUT2D eigenvalue weighted by Crippen LogP contribution is -2.49. The molecule has 0 fully saturated rings. The molecule has 0 radical (unpaired) electrons. The minimum Gasteiger partial charge on any atom is -0.548 e. The predicted octanol–water partition coefficient (Wildman–Crippen LogP) is 0.0973. The summed E-state index contributed by atoms with van der Waals surface area (Å²) in [5.74, 6) is -0.738. The molecule has 0 amide bonds. The van der Waals surface area contributed by atoms with Gasteiger partial charge in [-0.25, -0.2) is 13.1 Å². The predicted molar refractivity (Wildman–Crippen MR) is 86.7 cm³/mol. The van der Waals surface area contributed by atoms with E-state index in [9.17, 15) is 18.3 Å². The Kier molecular flexibility index (Phi) is 4.91. The van der Waals surface area contributed by atoms with Crippen molar-refractivity contribution in [3.8, 4) is 11.5 Å². The number of rotatable bonds is 6. The van der Waals surface area contributed by atoms with Crippen molar-refractivity contribution in [1.82, 2.24) is 4.72 Å². The van der Waals surface area contributed by atoms with Crippen LogP contribution in [0.15, 0.2) is 53.4 Å². The molecule has 1 heterocycles. The molecular weight excluding hydrogens is 346 g/mol. The Labute approximate surface area is 145 Å². The molecule has 0 saturated heterocycles. The quantitative estimate of drug-likeness (QED) is 0.781. The summed E-state index contributed by atoms with van der Waals surface area (Å²) in [6.45, 7) is 0.709. The van der Waals surface area contributed by atoms with Gasteiger partial charge < -0.3 is 19.4 Å². The van der Waals surface area contributed by atoms with Gasteiger partial charge in [0.1, 0.15) is 13.2 Å². The zero-order valence-electron chi connectivity index (χ0n) is 13.2. The number of carbonyl (C=O) groups excluding carboxylic acids is 1. The first-order chi connectivity index (χ1) is 12.0. The van der Waals surface area contributed by atoms with Gasteiger partial charge in [0.15, 0.2) is 11.5 Å². The second kappa shape index (κ2) is 7.12. The monoisotopic (exact) mass is 362 g/mol. The lowest BCUT2D eigenvalue weighted by atomic mass is 10.1. The lowest BCUT2D eigenvalue weighted by molar-refractivity contribution is -0.307. The first-order valence-corrected chi connectivity index (χ1v) is 9.11. The number of nitrogens with one attached hydrogen (secondary N) is 1. The van der Waals surface area contributed by atoms with Crippen LogP contribution in [0.5, 0.6) is 11.5 Å². The number of hydrogen-bond acceptors (Lipinski definition) is 6. The molecule has 0 unspecified atom stereocenters. The average molecular weight is 362 g/mol. The van der Waals surface area contributed by atoms with Gasteiger partial charge in [-0.3, -0.25) is 0 Å². The highest BCUT2D eigenvalue weighted by Crippen LogP contribution is 2.32. The van der Waals surface area contributed by atoms with Crippen molar-refractivity contribution >= 4 is 16.0 Å². The minimum absolute atomic E-state index is 0.0209. The number of hydrogen-bond donors (Lipinski definition) is 1. The van der Waals surface area contributed by atoms with E-state index in [1.54, 1.807) is 30.3 Å². The topological polar surface area (TPSA) is 105 Å². The Morgan fingerprint density at radius 2 is 1.76 bits per heavy atom. The third-order valence-electron chi connectivity index (χ3n) is 3.69. The number of fused-ring (bicyclic) bond motifs is 1. The van der Waals surface area contributed by atoms with Gasteiger partial charge in [0.25, 0.3) is 0 Å². The zero-order chi connectivity index (χ0) is 17.9. The van der Waals surface area contributed by atoms with Crippen LogP contribution >= 0.6 is 0 Å². The highest BCUT2D eigenvalue weighted by Gasteiger charge is 2.23. The van der Waals surface area contributed by atoms with Gasteiger partial charge in [-0.05, 0) is 24.1 Å². The van der Waals surface area contributed by atoms with Crippen LogP contribution in [0.3, 0.4) is 0 Å². The molecule has 1 aliphatic rings. The van der Waals surface area contributed by atoms with Crippen LogP contribution in [-0.2, 0) is 21.2 Å². The van der Waals surface area contributed by atoms with Gasteiger partial charge in [-0.15, -0.1) is 0 Å². The van der Waals surface area contributed by atoms with E-state index in [-0.39, 0.29) is 11.3 Å². The summed E-state index contributed by atoms with van der Waals surface area (Å²) in [6.07, 6.45) is -0.0209. The molecular formula is C17H16NO6S-. The normalized spacial score (nSPS) is 14.7. The first-order valence-electron chi connectivity index (χ1n) is 7.62. The third kappa shape index (κ3) is 4.09. The van der Waals surface area contributed by atoms with Crippen molar-refractivity contribution in [1.29, 1.82) is 0 Å². The summed E-state index contributed by atoms with van der Waals surface area (Å²) in [5, 5.41) is 11.4. The van der Waals surface area contributed by atoms with Crippen molar-refractivity contribution in [2.24, 2.45) is 0 Å². The number of ether oxygens (including phenoxy) is 2. The van der Waals surface area contributed by atoms with Crippen LogP contribution in [-0.4, -0.2) is 33.6 Å². The fourth-order valence-corrected chi connectivity index (χ4v) is 3.67. The summed E-state index contributed by atoms with van der Waals surface area (Å²) in [4.78, 5) is 11.3. The first kappa shape index (κ1) is 17.2. The van der Waals surface area contributed by atoms with Crippen molar-refractivity contribution in [2.45, 2.75) is 17.4 Å². The van der Waals surface area contributed by atoms with E-state index in [2.05, 4.69) is 4.72 Å². The summed E-state index contributed by atoms with van der Waals surface area (Å²) in [5.41, 5.74) is 0.682. The minimum atomic E-state index is -4.06. The molecule has 0 spiro atoms. The fourth-order valence-electron chi connectivity index (χ4n) is 2.47. The van der Waals surface area contributed by atoms with E-state index in [1.807, 2.05) is 0 Å². The summed E-state index contributed by atoms with van der Waals surface area (Å²) >= 11 is 0. The molecule has 8 heteroatoms. The van der Waals surface area contributed by atoms with Crippen LogP contribution in [0.2, 0.25) is 0 Å². The van der Waals surface area contributed by atoms with Crippen molar-refractivity contribution < 1.29 is 27.8 Å². The molecule has 1 N–H and O–H groups in total. The molecule has 2 aromatic carbocycles. The maximum Gasteiger partial charge on any atom is 0.241 e. The van der Waals surface area contributed by atoms with E-state index >= 15 is 0 Å². The Balaban J connectivity index is 1.82. The van der Waals surface area contributed by atoms with Crippen LogP contribution in [0.25, 0.3) is 0 Å². The molecule has 0 aliphatic carbocycles. The number of aliphatic carboxylic acids is 1. The molecule has 7 nitrogen and oxygen atoms in total. The van der Waals surface area contributed by atoms with Crippen LogP contribution in [0.1, 0.15) is 5.56 Å². The molecule has 1 atom stereocenters. The van der Waals surface area contributed by atoms with Crippen molar-refractivity contribution in [2.75, 3.05) is 13.2 Å². The zero-order valence-corrected chi connectivity index (χ0v) is 14.0. The standard InChI is InChI=1S/C17H17NO6S/c19-17(20)14(10-12-4-2-1-3-5-12)18-25(21,22)13-6-7-15-16(11-13)24-9-8-23-15/h1-7,11,14,18H,8-10H2,(H,19,20)/p-1/t14-/m1/s1. The number of carboxylic acid groups (broad SMARTS) is 1. The Morgan fingerprint density at radius 3 is 2.44 bits per heavy atom. The van der Waals surface area contributed by atoms with Gasteiger partial charge >= 0.3 is 0 Å². The van der Waals surface area contributed by atoms with E-state index in [4.69, 9.17) is 9.47 Å². The second-order valence-corrected chi connectivity index (χ2v) is 7.20. The molecule has 1 aliphatic heterocycles. The Bertz CT molecular complexity index is 866. The molecule has 0 saturated carbocycles. The molecule has 25 heavy (non-hydrogen) atoms. The number of carbonyl (C=O) groups is 1. The van der Waals surface area contributed by atoms with Crippen LogP contribution in [0.4, 0.5) is 0 Å². The summed E-state index contributed by atoms with van der Waals surface area (Å²) in [6, 6.07) is 11.5. The smallest absolute Gasteiger partial charge is 0.241 e. The second-order valence-electron chi connectivity index (χ2n) is 5.49. The van der Waals surface area contributed by atoms with Gasteiger partial charge in [0.2, 0.25) is 10.0 Å². The Hall–Kier alpha value is -2.58. The maximum absolute atomic E-state index is 12.5. The van der Waals surface area contributed by atoms with Crippen LogP contribution < -0.4 is 19.3 Å². The fraction of sp³-hybridized carbons (Fsp3) is 0.235. The molecule has 132 valence electrons. The van der Waals surface area contributed by atoms with Gasteiger partial charge in [0.05, 0.1) is 16.9 Å². The molecule has 3 rings (SSSR count). The molecule has 0 aromatic heterocycles. The number of carboxylic acids is 1. The number of benzene rings is 2. The van der Waals surface area contributed by atoms with Crippen LogP contribution in [0, 0.1) is 0 Å². The maximum atomic E-state index is 12.5. The number of sulfonamides is 1. The van der Waals surface area contributed by atoms with Gasteiger partial charge in [0, 0.05) is 6.07 Å². The van der Waals surface area contributed by atoms with Gasteiger partial charge in [-0.2, -0.15) is 0 Å². The SMILES string of the molecule is O=C([O-])[C@@H](Cc1ccccc1)NS(=O)(=O)c1ccc2c(c1)OCCO2. The molecule has 2 aromatic rings.